The van der Waals surface area contributed by atoms with Gasteiger partial charge in [0.15, 0.2) is 0 Å². The molecule has 2 atom stereocenters. The van der Waals surface area contributed by atoms with Crippen molar-refractivity contribution in [1.29, 1.82) is 0 Å². The predicted molar refractivity (Wildman–Crippen MR) is 67.0 cm³/mol. The van der Waals surface area contributed by atoms with Crippen LogP contribution in [-0.4, -0.2) is 49.4 Å². The smallest absolute Gasteiger partial charge is 0.224 e. The number of rotatable bonds is 3. The molecule has 0 radical (unpaired) electrons. The molecule has 0 aliphatic carbocycles. The Bertz CT molecular complexity index is 292. The Morgan fingerprint density at radius 1 is 1.59 bits per heavy atom. The van der Waals surface area contributed by atoms with Crippen molar-refractivity contribution in [2.24, 2.45) is 5.92 Å². The molecule has 6 heteroatoms. The molecule has 0 saturated carbocycles. The highest BCUT2D eigenvalue weighted by atomic mass is 35.5. The Hall–Kier alpha value is -0.810. The van der Waals surface area contributed by atoms with Crippen LogP contribution in [0.4, 0.5) is 0 Å². The fourth-order valence-electron chi connectivity index (χ4n) is 2.40. The van der Waals surface area contributed by atoms with Crippen molar-refractivity contribution in [3.05, 3.63) is 0 Å². The van der Waals surface area contributed by atoms with Gasteiger partial charge in [0.2, 0.25) is 11.8 Å². The lowest BCUT2D eigenvalue weighted by molar-refractivity contribution is -0.126. The largest absolute Gasteiger partial charge is 0.351 e. The van der Waals surface area contributed by atoms with Crippen LogP contribution in [0.3, 0.4) is 0 Å². The first-order chi connectivity index (χ1) is 7.65. The number of carbonyl (C=O) groups excluding carboxylic acids is 2. The number of nitrogens with one attached hydrogen (secondary N) is 2. The first-order valence-corrected chi connectivity index (χ1v) is 5.89. The molecule has 0 aromatic carbocycles. The van der Waals surface area contributed by atoms with Crippen LogP contribution in [0.5, 0.6) is 0 Å². The molecule has 0 bridgehead atoms. The average Bonchev–Trinajstić information content (AvgIpc) is 2.78. The number of carbonyl (C=O) groups is 2. The van der Waals surface area contributed by atoms with E-state index in [-0.39, 0.29) is 30.3 Å². The number of halogens is 1. The van der Waals surface area contributed by atoms with E-state index >= 15 is 0 Å². The summed E-state index contributed by atoms with van der Waals surface area (Å²) in [4.78, 5) is 24.6. The van der Waals surface area contributed by atoms with Gasteiger partial charge < -0.3 is 15.5 Å². The summed E-state index contributed by atoms with van der Waals surface area (Å²) in [7, 11) is 1.77. The second kappa shape index (κ2) is 6.21. The molecule has 2 amide bonds. The average molecular weight is 262 g/mol. The molecule has 2 fully saturated rings. The quantitative estimate of drug-likeness (QED) is 0.737. The summed E-state index contributed by atoms with van der Waals surface area (Å²) in [6, 6.07) is 0.0133. The van der Waals surface area contributed by atoms with E-state index in [1.165, 1.54) is 0 Å². The van der Waals surface area contributed by atoms with Crippen LogP contribution in [0.15, 0.2) is 0 Å². The van der Waals surface area contributed by atoms with E-state index in [2.05, 4.69) is 10.6 Å². The van der Waals surface area contributed by atoms with Crippen molar-refractivity contribution in [2.45, 2.75) is 25.3 Å². The zero-order chi connectivity index (χ0) is 11.5. The summed E-state index contributed by atoms with van der Waals surface area (Å²) in [6.45, 7) is 2.60. The van der Waals surface area contributed by atoms with E-state index in [1.807, 2.05) is 0 Å². The summed E-state index contributed by atoms with van der Waals surface area (Å²) in [5.41, 5.74) is 0. The lowest BCUT2D eigenvalue weighted by Crippen LogP contribution is -2.37. The zero-order valence-corrected chi connectivity index (χ0v) is 10.9. The highest BCUT2D eigenvalue weighted by Gasteiger charge is 2.28. The molecule has 2 rings (SSSR count). The SMILES string of the molecule is CN1CC(NC(=O)CC2CCNC2)CC1=O.Cl. The minimum absolute atomic E-state index is 0. The van der Waals surface area contributed by atoms with Crippen molar-refractivity contribution >= 4 is 24.2 Å². The van der Waals surface area contributed by atoms with Gasteiger partial charge in [0.1, 0.15) is 0 Å². The van der Waals surface area contributed by atoms with Gasteiger partial charge in [-0.3, -0.25) is 9.59 Å². The summed E-state index contributed by atoms with van der Waals surface area (Å²) >= 11 is 0. The molecular weight excluding hydrogens is 242 g/mol. The predicted octanol–water partition coefficient (Wildman–Crippen LogP) is -0.245. The van der Waals surface area contributed by atoms with E-state index in [0.29, 0.717) is 25.3 Å². The molecule has 0 aromatic heterocycles. The van der Waals surface area contributed by atoms with Gasteiger partial charge in [0, 0.05) is 26.4 Å². The first kappa shape index (κ1) is 14.3. The van der Waals surface area contributed by atoms with Crippen LogP contribution in [0.25, 0.3) is 0 Å². The molecule has 2 heterocycles. The number of nitrogens with zero attached hydrogens (tertiary/aromatic N) is 1. The lowest BCUT2D eigenvalue weighted by Gasteiger charge is -2.14. The number of likely N-dealkylation sites (tertiary alicyclic amines) is 1. The monoisotopic (exact) mass is 261 g/mol. The number of likely N-dealkylation sites (N-methyl/N-ethyl adjacent to an activating group) is 1. The Balaban J connectivity index is 0.00000144. The van der Waals surface area contributed by atoms with Crippen LogP contribution in [-0.2, 0) is 9.59 Å². The van der Waals surface area contributed by atoms with E-state index in [0.717, 1.165) is 19.5 Å². The van der Waals surface area contributed by atoms with Crippen LogP contribution in [0.2, 0.25) is 0 Å². The molecule has 17 heavy (non-hydrogen) atoms. The normalized spacial score (nSPS) is 28.1. The van der Waals surface area contributed by atoms with Crippen LogP contribution in [0, 0.1) is 5.92 Å². The fraction of sp³-hybridized carbons (Fsp3) is 0.818. The van der Waals surface area contributed by atoms with Gasteiger partial charge in [-0.25, -0.2) is 0 Å². The van der Waals surface area contributed by atoms with E-state index in [1.54, 1.807) is 11.9 Å². The second-order valence-electron chi connectivity index (χ2n) is 4.81. The van der Waals surface area contributed by atoms with Crippen molar-refractivity contribution in [3.8, 4) is 0 Å². The standard InChI is InChI=1S/C11H19N3O2.ClH/c1-14-7-9(5-11(14)16)13-10(15)4-8-2-3-12-6-8;/h8-9,12H,2-7H2,1H3,(H,13,15);1H. The lowest BCUT2D eigenvalue weighted by atomic mass is 10.0. The number of hydrogen-bond donors (Lipinski definition) is 2. The molecule has 0 spiro atoms. The zero-order valence-electron chi connectivity index (χ0n) is 10.1. The van der Waals surface area contributed by atoms with E-state index in [4.69, 9.17) is 0 Å². The molecule has 98 valence electrons. The molecular formula is C11H20ClN3O2. The van der Waals surface area contributed by atoms with E-state index in [9.17, 15) is 9.59 Å². The van der Waals surface area contributed by atoms with Gasteiger partial charge >= 0.3 is 0 Å². The maximum absolute atomic E-state index is 11.7. The van der Waals surface area contributed by atoms with E-state index < -0.39 is 0 Å². The summed E-state index contributed by atoms with van der Waals surface area (Å²) < 4.78 is 0. The van der Waals surface area contributed by atoms with Crippen molar-refractivity contribution < 1.29 is 9.59 Å². The molecule has 2 saturated heterocycles. The Morgan fingerprint density at radius 2 is 2.35 bits per heavy atom. The summed E-state index contributed by atoms with van der Waals surface area (Å²) in [5.74, 6) is 0.671. The maximum atomic E-state index is 11.7. The van der Waals surface area contributed by atoms with Crippen molar-refractivity contribution in [3.63, 3.8) is 0 Å². The topological polar surface area (TPSA) is 61.4 Å². The third-order valence-corrected chi connectivity index (χ3v) is 3.34. The molecule has 5 nitrogen and oxygen atoms in total. The molecule has 2 aliphatic rings. The fourth-order valence-corrected chi connectivity index (χ4v) is 2.40. The molecule has 2 unspecified atom stereocenters. The second-order valence-corrected chi connectivity index (χ2v) is 4.81. The van der Waals surface area contributed by atoms with Crippen molar-refractivity contribution in [1.82, 2.24) is 15.5 Å². The summed E-state index contributed by atoms with van der Waals surface area (Å²) in [6.07, 6.45) is 2.11. The third kappa shape index (κ3) is 3.85. The third-order valence-electron chi connectivity index (χ3n) is 3.34. The Morgan fingerprint density at radius 3 is 2.88 bits per heavy atom. The minimum Gasteiger partial charge on any atom is -0.351 e. The van der Waals surface area contributed by atoms with Crippen LogP contribution < -0.4 is 10.6 Å². The molecule has 2 N–H and O–H groups in total. The van der Waals surface area contributed by atoms with Gasteiger partial charge in [-0.05, 0) is 25.4 Å². The summed E-state index contributed by atoms with van der Waals surface area (Å²) in [5, 5.41) is 6.18. The molecule has 0 aromatic rings. The Labute approximate surface area is 108 Å². The highest BCUT2D eigenvalue weighted by Crippen LogP contribution is 2.13. The Kier molecular flexibility index (Phi) is 5.21. The van der Waals surface area contributed by atoms with Crippen LogP contribution in [0.1, 0.15) is 19.3 Å². The minimum atomic E-state index is 0. The van der Waals surface area contributed by atoms with Crippen LogP contribution >= 0.6 is 12.4 Å². The van der Waals surface area contributed by atoms with Crippen molar-refractivity contribution in [2.75, 3.05) is 26.7 Å². The van der Waals surface area contributed by atoms with Gasteiger partial charge in [-0.15, -0.1) is 12.4 Å². The molecule has 2 aliphatic heterocycles. The highest BCUT2D eigenvalue weighted by molar-refractivity contribution is 5.85. The van der Waals surface area contributed by atoms with Gasteiger partial charge in [-0.1, -0.05) is 0 Å². The van der Waals surface area contributed by atoms with Gasteiger partial charge in [-0.2, -0.15) is 0 Å². The number of amides is 2. The number of hydrogen-bond acceptors (Lipinski definition) is 3. The van der Waals surface area contributed by atoms with Gasteiger partial charge in [0.05, 0.1) is 6.04 Å². The van der Waals surface area contributed by atoms with Gasteiger partial charge in [0.25, 0.3) is 0 Å². The maximum Gasteiger partial charge on any atom is 0.224 e. The first-order valence-electron chi connectivity index (χ1n) is 5.89.